The Morgan fingerprint density at radius 3 is 2.72 bits per heavy atom. The monoisotopic (exact) mass is 406 g/mol. The molecule has 1 atom stereocenters. The molecule has 7 nitrogen and oxygen atoms in total. The normalized spacial score (nSPS) is 18.6. The summed E-state index contributed by atoms with van der Waals surface area (Å²) in [6.07, 6.45) is 1.34. The summed E-state index contributed by atoms with van der Waals surface area (Å²) in [5, 5.41) is 7.32. The Bertz CT molecular complexity index is 822. The quantitative estimate of drug-likeness (QED) is 0.837. The van der Waals surface area contributed by atoms with Gasteiger partial charge in [-0.15, -0.1) is 12.4 Å². The van der Waals surface area contributed by atoms with E-state index in [1.54, 1.807) is 14.2 Å². The van der Waals surface area contributed by atoms with Gasteiger partial charge in [0.15, 0.2) is 5.03 Å². The Balaban J connectivity index is 0.00000225. The molecule has 0 spiro atoms. The molecular formula is C15H20Cl2N4O3S. The number of nitrogens with zero attached hydrogens (tertiary/aromatic N) is 3. The summed E-state index contributed by atoms with van der Waals surface area (Å²) in [5.41, 5.74) is 0.814. The van der Waals surface area contributed by atoms with Gasteiger partial charge in [-0.25, -0.2) is 8.42 Å². The Hall–Kier alpha value is -1.32. The summed E-state index contributed by atoms with van der Waals surface area (Å²) in [4.78, 5) is 0. The van der Waals surface area contributed by atoms with E-state index in [-0.39, 0.29) is 28.5 Å². The molecule has 10 heteroatoms. The summed E-state index contributed by atoms with van der Waals surface area (Å²) in [6.45, 7) is 1.40. The minimum absolute atomic E-state index is 0. The van der Waals surface area contributed by atoms with E-state index in [1.165, 1.54) is 15.2 Å². The fourth-order valence-electron chi connectivity index (χ4n) is 2.98. The van der Waals surface area contributed by atoms with E-state index in [0.29, 0.717) is 25.4 Å². The number of rotatable bonds is 4. The van der Waals surface area contributed by atoms with E-state index in [1.807, 2.05) is 24.3 Å². The van der Waals surface area contributed by atoms with Crippen molar-refractivity contribution < 1.29 is 13.2 Å². The molecule has 25 heavy (non-hydrogen) atoms. The van der Waals surface area contributed by atoms with Crippen LogP contribution in [0.25, 0.3) is 0 Å². The number of hydrogen-bond acceptors (Lipinski definition) is 5. The number of halogens is 2. The van der Waals surface area contributed by atoms with Gasteiger partial charge in [-0.3, -0.25) is 4.68 Å². The third-order valence-electron chi connectivity index (χ3n) is 4.09. The molecular weight excluding hydrogens is 387 g/mol. The van der Waals surface area contributed by atoms with Crippen molar-refractivity contribution >= 4 is 34.0 Å². The third-order valence-corrected chi connectivity index (χ3v) is 6.50. The van der Waals surface area contributed by atoms with Crippen LogP contribution in [0, 0.1) is 0 Å². The second kappa shape index (κ2) is 7.92. The molecule has 2 heterocycles. The van der Waals surface area contributed by atoms with E-state index in [9.17, 15) is 8.42 Å². The van der Waals surface area contributed by atoms with Gasteiger partial charge in [-0.2, -0.15) is 9.40 Å². The van der Waals surface area contributed by atoms with Crippen LogP contribution < -0.4 is 10.1 Å². The van der Waals surface area contributed by atoms with E-state index >= 15 is 0 Å². The molecule has 0 aliphatic carbocycles. The molecule has 138 valence electrons. The van der Waals surface area contributed by atoms with Crippen LogP contribution in [0.2, 0.25) is 5.02 Å². The number of piperazine rings is 1. The minimum atomic E-state index is -3.80. The van der Waals surface area contributed by atoms with Gasteiger partial charge in [-0.1, -0.05) is 29.8 Å². The molecule has 0 bridgehead atoms. The first-order valence-corrected chi connectivity index (χ1v) is 9.31. The lowest BCUT2D eigenvalue weighted by molar-refractivity contribution is 0.263. The number of para-hydroxylation sites is 1. The van der Waals surface area contributed by atoms with Crippen molar-refractivity contribution in [3.05, 3.63) is 41.0 Å². The molecule has 0 saturated carbocycles. The zero-order chi connectivity index (χ0) is 17.3. The maximum absolute atomic E-state index is 13.2. The van der Waals surface area contributed by atoms with Gasteiger partial charge in [0, 0.05) is 32.2 Å². The summed E-state index contributed by atoms with van der Waals surface area (Å²) in [7, 11) is -0.652. The van der Waals surface area contributed by atoms with Crippen LogP contribution in [0.1, 0.15) is 11.6 Å². The number of aromatic nitrogens is 2. The molecule has 0 amide bonds. The number of sulfonamides is 1. The average molecular weight is 407 g/mol. The zero-order valence-electron chi connectivity index (χ0n) is 13.8. The van der Waals surface area contributed by atoms with Gasteiger partial charge in [0.1, 0.15) is 5.75 Å². The van der Waals surface area contributed by atoms with Crippen LogP contribution >= 0.6 is 24.0 Å². The topological polar surface area (TPSA) is 76.5 Å². The van der Waals surface area contributed by atoms with E-state index in [0.717, 1.165) is 5.56 Å². The standard InChI is InChI=1S/C15H19ClN4O3S.ClH/c1-19-15(12(16)9-18-19)24(21,22)20-8-7-17-10-13(20)11-5-3-4-6-14(11)23-2;/h3-6,9,13,17H,7-8,10H2,1-2H3;1H. The van der Waals surface area contributed by atoms with Crippen LogP contribution in [0.5, 0.6) is 5.75 Å². The van der Waals surface area contributed by atoms with Crippen LogP contribution in [0.4, 0.5) is 0 Å². The SMILES string of the molecule is COc1ccccc1C1CNCCN1S(=O)(=O)c1c(Cl)cnn1C.Cl. The lowest BCUT2D eigenvalue weighted by Crippen LogP contribution is -2.49. The van der Waals surface area contributed by atoms with Gasteiger partial charge >= 0.3 is 0 Å². The fourth-order valence-corrected chi connectivity index (χ4v) is 5.20. The van der Waals surface area contributed by atoms with Crippen molar-refractivity contribution in [1.82, 2.24) is 19.4 Å². The molecule has 1 aliphatic heterocycles. The van der Waals surface area contributed by atoms with Crippen molar-refractivity contribution in [2.45, 2.75) is 11.1 Å². The summed E-state index contributed by atoms with van der Waals surface area (Å²) < 4.78 is 34.5. The van der Waals surface area contributed by atoms with E-state index in [2.05, 4.69) is 10.4 Å². The highest BCUT2D eigenvalue weighted by atomic mass is 35.5. The number of benzene rings is 1. The fraction of sp³-hybridized carbons (Fsp3) is 0.400. The molecule has 1 N–H and O–H groups in total. The summed E-state index contributed by atoms with van der Waals surface area (Å²) >= 11 is 6.07. The van der Waals surface area contributed by atoms with Gasteiger partial charge in [0.05, 0.1) is 24.4 Å². The lowest BCUT2D eigenvalue weighted by Gasteiger charge is -2.35. The van der Waals surface area contributed by atoms with Crippen LogP contribution in [0.3, 0.4) is 0 Å². The first-order chi connectivity index (χ1) is 11.5. The highest BCUT2D eigenvalue weighted by Gasteiger charge is 2.38. The second-order valence-electron chi connectivity index (χ2n) is 5.50. The second-order valence-corrected chi connectivity index (χ2v) is 7.71. The van der Waals surface area contributed by atoms with Crippen molar-refractivity contribution in [3.8, 4) is 5.75 Å². The highest BCUT2D eigenvalue weighted by molar-refractivity contribution is 7.89. The number of hydrogen-bond donors (Lipinski definition) is 1. The number of ether oxygens (including phenoxy) is 1. The molecule has 1 aromatic carbocycles. The number of nitrogens with one attached hydrogen (secondary N) is 1. The predicted molar refractivity (Wildman–Crippen MR) is 98.0 cm³/mol. The smallest absolute Gasteiger partial charge is 0.262 e. The van der Waals surface area contributed by atoms with Gasteiger partial charge < -0.3 is 10.1 Å². The zero-order valence-corrected chi connectivity index (χ0v) is 16.2. The largest absolute Gasteiger partial charge is 0.496 e. The van der Waals surface area contributed by atoms with Crippen LogP contribution in [-0.4, -0.2) is 49.2 Å². The Morgan fingerprint density at radius 1 is 1.36 bits per heavy atom. The molecule has 1 fully saturated rings. The molecule has 3 rings (SSSR count). The maximum atomic E-state index is 13.2. The molecule has 1 saturated heterocycles. The molecule has 1 aliphatic rings. The molecule has 0 radical (unpaired) electrons. The van der Waals surface area contributed by atoms with Gasteiger partial charge in [0.25, 0.3) is 10.0 Å². The predicted octanol–water partition coefficient (Wildman–Crippen LogP) is 1.84. The highest BCUT2D eigenvalue weighted by Crippen LogP contribution is 2.35. The summed E-state index contributed by atoms with van der Waals surface area (Å²) in [6, 6.07) is 7.05. The number of methoxy groups -OCH3 is 1. The molecule has 1 aromatic heterocycles. The van der Waals surface area contributed by atoms with Crippen molar-refractivity contribution in [1.29, 1.82) is 0 Å². The average Bonchev–Trinajstić information content (AvgIpc) is 2.94. The molecule has 2 aromatic rings. The first kappa shape index (κ1) is 20.0. The van der Waals surface area contributed by atoms with Gasteiger partial charge in [0.2, 0.25) is 0 Å². The third kappa shape index (κ3) is 3.63. The van der Waals surface area contributed by atoms with E-state index in [4.69, 9.17) is 16.3 Å². The van der Waals surface area contributed by atoms with Crippen molar-refractivity contribution in [2.75, 3.05) is 26.7 Å². The Kier molecular flexibility index (Phi) is 6.34. The van der Waals surface area contributed by atoms with Crippen LogP contribution in [-0.2, 0) is 17.1 Å². The van der Waals surface area contributed by atoms with Gasteiger partial charge in [-0.05, 0) is 6.07 Å². The summed E-state index contributed by atoms with van der Waals surface area (Å²) in [5.74, 6) is 0.655. The maximum Gasteiger partial charge on any atom is 0.262 e. The van der Waals surface area contributed by atoms with Crippen molar-refractivity contribution in [2.24, 2.45) is 7.05 Å². The first-order valence-electron chi connectivity index (χ1n) is 7.49. The van der Waals surface area contributed by atoms with Crippen LogP contribution in [0.15, 0.2) is 35.5 Å². The Labute approximate surface area is 158 Å². The minimum Gasteiger partial charge on any atom is -0.496 e. The lowest BCUT2D eigenvalue weighted by atomic mass is 10.0. The van der Waals surface area contributed by atoms with E-state index < -0.39 is 10.0 Å². The number of aryl methyl sites for hydroxylation is 1. The Morgan fingerprint density at radius 2 is 2.08 bits per heavy atom. The van der Waals surface area contributed by atoms with Crippen molar-refractivity contribution in [3.63, 3.8) is 0 Å². The molecule has 1 unspecified atom stereocenters.